The van der Waals surface area contributed by atoms with Gasteiger partial charge in [0, 0.05) is 13.7 Å². The number of nitrogens with two attached hydrogens (primary N) is 1. The molecule has 0 bridgehead atoms. The number of nitrogens with zero attached hydrogens (tertiary/aromatic N) is 1. The molecule has 3 N–H and O–H groups in total. The Morgan fingerprint density at radius 1 is 1.71 bits per heavy atom. The fourth-order valence-corrected chi connectivity index (χ4v) is 0.734. The molecule has 1 unspecified atom stereocenters. The Labute approximate surface area is 84.2 Å². The quantitative estimate of drug-likeness (QED) is 0.632. The van der Waals surface area contributed by atoms with Gasteiger partial charge in [-0.05, 0) is 13.8 Å². The number of hydrogen-bond donors (Lipinski definition) is 2. The van der Waals surface area contributed by atoms with Crippen LogP contribution in [0.5, 0.6) is 0 Å². The van der Waals surface area contributed by atoms with Crippen molar-refractivity contribution in [3.05, 3.63) is 0 Å². The summed E-state index contributed by atoms with van der Waals surface area (Å²) in [6.45, 7) is 3.96. The number of rotatable bonds is 5. The van der Waals surface area contributed by atoms with E-state index in [9.17, 15) is 4.79 Å². The van der Waals surface area contributed by atoms with Crippen LogP contribution in [0.2, 0.25) is 0 Å². The Balaban J connectivity index is 3.92. The maximum Gasteiger partial charge on any atom is 0.239 e. The Morgan fingerprint density at radius 2 is 2.29 bits per heavy atom. The van der Waals surface area contributed by atoms with E-state index >= 15 is 0 Å². The van der Waals surface area contributed by atoms with Gasteiger partial charge in [0.15, 0.2) is 0 Å². The summed E-state index contributed by atoms with van der Waals surface area (Å²) in [5.74, 6) is -0.296. The first-order valence-electron chi connectivity index (χ1n) is 4.36. The maximum absolute atomic E-state index is 11.3. The van der Waals surface area contributed by atoms with E-state index < -0.39 is 11.5 Å². The second-order valence-corrected chi connectivity index (χ2v) is 3.78. The van der Waals surface area contributed by atoms with Gasteiger partial charge in [-0.25, -0.2) is 0 Å². The summed E-state index contributed by atoms with van der Waals surface area (Å²) < 4.78 is 4.73. The van der Waals surface area contributed by atoms with Gasteiger partial charge in [0.2, 0.25) is 5.91 Å². The van der Waals surface area contributed by atoms with Crippen LogP contribution >= 0.6 is 0 Å². The zero-order valence-corrected chi connectivity index (χ0v) is 8.83. The van der Waals surface area contributed by atoms with E-state index in [1.807, 2.05) is 0 Å². The van der Waals surface area contributed by atoms with Crippen molar-refractivity contribution < 1.29 is 9.53 Å². The number of nitriles is 1. The first-order valence-corrected chi connectivity index (χ1v) is 4.36. The van der Waals surface area contributed by atoms with Crippen molar-refractivity contribution in [2.24, 2.45) is 11.1 Å². The van der Waals surface area contributed by atoms with Gasteiger partial charge >= 0.3 is 0 Å². The number of ether oxygens (including phenoxy) is 1. The molecule has 5 nitrogen and oxygen atoms in total. The molecule has 5 heteroatoms. The number of methoxy groups -OCH3 is 1. The molecule has 0 saturated carbocycles. The van der Waals surface area contributed by atoms with E-state index in [4.69, 9.17) is 15.7 Å². The Morgan fingerprint density at radius 3 is 2.71 bits per heavy atom. The highest BCUT2D eigenvalue weighted by Gasteiger charge is 2.20. The van der Waals surface area contributed by atoms with Gasteiger partial charge in [-0.1, -0.05) is 0 Å². The lowest BCUT2D eigenvalue weighted by atomic mass is 9.96. The highest BCUT2D eigenvalue weighted by molar-refractivity contribution is 5.81. The molecular weight excluding hydrogens is 182 g/mol. The fraction of sp³-hybridized carbons (Fsp3) is 0.778. The Kier molecular flexibility index (Phi) is 5.13. The first-order chi connectivity index (χ1) is 6.43. The van der Waals surface area contributed by atoms with Crippen LogP contribution in [0, 0.1) is 16.7 Å². The standard InChI is InChI=1S/C9H17N3O2/c1-9(2,5-10)6-12-8(13)7(11)4-14-3/h7H,4,6,11H2,1-3H3,(H,12,13). The SMILES string of the molecule is COCC(N)C(=O)NCC(C)(C)C#N. The summed E-state index contributed by atoms with van der Waals surface area (Å²) in [5, 5.41) is 11.3. The molecule has 0 spiro atoms. The van der Waals surface area contributed by atoms with Crippen molar-refractivity contribution in [3.8, 4) is 6.07 Å². The molecule has 80 valence electrons. The minimum absolute atomic E-state index is 0.179. The summed E-state index contributed by atoms with van der Waals surface area (Å²) in [4.78, 5) is 11.3. The fourth-order valence-electron chi connectivity index (χ4n) is 0.734. The Bertz CT molecular complexity index is 233. The van der Waals surface area contributed by atoms with Gasteiger partial charge in [0.25, 0.3) is 0 Å². The smallest absolute Gasteiger partial charge is 0.239 e. The van der Waals surface area contributed by atoms with Crippen LogP contribution in [-0.4, -0.2) is 32.2 Å². The summed E-state index contributed by atoms with van der Waals surface area (Å²) in [6, 6.07) is 1.41. The molecule has 0 rings (SSSR count). The molecule has 0 aliphatic heterocycles. The summed E-state index contributed by atoms with van der Waals surface area (Å²) in [5.41, 5.74) is 4.91. The Hall–Kier alpha value is -1.12. The van der Waals surface area contributed by atoms with Crippen molar-refractivity contribution in [1.29, 1.82) is 5.26 Å². The van der Waals surface area contributed by atoms with Crippen molar-refractivity contribution in [1.82, 2.24) is 5.32 Å². The molecule has 0 aromatic heterocycles. The van der Waals surface area contributed by atoms with Crippen LogP contribution < -0.4 is 11.1 Å². The second-order valence-electron chi connectivity index (χ2n) is 3.78. The predicted octanol–water partition coefficient (Wildman–Crippen LogP) is -0.374. The number of hydrogen-bond acceptors (Lipinski definition) is 4. The van der Waals surface area contributed by atoms with Crippen LogP contribution in [0.25, 0.3) is 0 Å². The first kappa shape index (κ1) is 12.9. The largest absolute Gasteiger partial charge is 0.383 e. The van der Waals surface area contributed by atoms with Crippen LogP contribution in [0.15, 0.2) is 0 Å². The van der Waals surface area contributed by atoms with E-state index in [1.54, 1.807) is 13.8 Å². The molecule has 0 heterocycles. The van der Waals surface area contributed by atoms with Crippen molar-refractivity contribution >= 4 is 5.91 Å². The summed E-state index contributed by atoms with van der Waals surface area (Å²) in [6.07, 6.45) is 0. The van der Waals surface area contributed by atoms with E-state index in [0.717, 1.165) is 0 Å². The zero-order valence-electron chi connectivity index (χ0n) is 8.83. The lowest BCUT2D eigenvalue weighted by Crippen LogP contribution is -2.46. The van der Waals surface area contributed by atoms with Gasteiger partial charge in [-0.15, -0.1) is 0 Å². The van der Waals surface area contributed by atoms with Gasteiger partial charge in [-0.2, -0.15) is 5.26 Å². The molecule has 1 atom stereocenters. The molecule has 0 aliphatic rings. The third-order valence-corrected chi connectivity index (χ3v) is 1.69. The number of carbonyl (C=O) groups excluding carboxylic acids is 1. The van der Waals surface area contributed by atoms with Crippen LogP contribution in [0.4, 0.5) is 0 Å². The minimum Gasteiger partial charge on any atom is -0.383 e. The number of nitrogens with one attached hydrogen (secondary N) is 1. The molecular formula is C9H17N3O2. The zero-order chi connectivity index (χ0) is 11.2. The maximum atomic E-state index is 11.3. The van der Waals surface area contributed by atoms with Crippen molar-refractivity contribution in [2.45, 2.75) is 19.9 Å². The number of amides is 1. The molecule has 0 aromatic rings. The average molecular weight is 199 g/mol. The lowest BCUT2D eigenvalue weighted by molar-refractivity contribution is -0.123. The molecule has 0 saturated heterocycles. The summed E-state index contributed by atoms with van der Waals surface area (Å²) >= 11 is 0. The predicted molar refractivity (Wildman–Crippen MR) is 52.3 cm³/mol. The van der Waals surface area contributed by atoms with Crippen molar-refractivity contribution in [3.63, 3.8) is 0 Å². The second kappa shape index (κ2) is 5.58. The van der Waals surface area contributed by atoms with Gasteiger partial charge in [0.1, 0.15) is 6.04 Å². The normalized spacial score (nSPS) is 13.1. The van der Waals surface area contributed by atoms with E-state index in [0.29, 0.717) is 6.54 Å². The molecule has 14 heavy (non-hydrogen) atoms. The van der Waals surface area contributed by atoms with Gasteiger partial charge in [0.05, 0.1) is 18.1 Å². The highest BCUT2D eigenvalue weighted by Crippen LogP contribution is 2.10. The molecule has 0 aliphatic carbocycles. The van der Waals surface area contributed by atoms with Crippen LogP contribution in [0.1, 0.15) is 13.8 Å². The monoisotopic (exact) mass is 199 g/mol. The lowest BCUT2D eigenvalue weighted by Gasteiger charge is -2.17. The topological polar surface area (TPSA) is 88.1 Å². The number of carbonyl (C=O) groups is 1. The van der Waals surface area contributed by atoms with Crippen LogP contribution in [0.3, 0.4) is 0 Å². The average Bonchev–Trinajstić information content (AvgIpc) is 2.15. The van der Waals surface area contributed by atoms with E-state index in [2.05, 4.69) is 11.4 Å². The minimum atomic E-state index is -0.672. The molecule has 1 amide bonds. The highest BCUT2D eigenvalue weighted by atomic mass is 16.5. The van der Waals surface area contributed by atoms with E-state index in [1.165, 1.54) is 7.11 Å². The van der Waals surface area contributed by atoms with E-state index in [-0.39, 0.29) is 12.5 Å². The third-order valence-electron chi connectivity index (χ3n) is 1.69. The summed E-state index contributed by atoms with van der Waals surface area (Å²) in [7, 11) is 1.48. The van der Waals surface area contributed by atoms with Gasteiger partial charge < -0.3 is 15.8 Å². The molecule has 0 radical (unpaired) electrons. The van der Waals surface area contributed by atoms with Crippen molar-refractivity contribution in [2.75, 3.05) is 20.3 Å². The third kappa shape index (κ3) is 4.80. The van der Waals surface area contributed by atoms with Gasteiger partial charge in [-0.3, -0.25) is 4.79 Å². The molecule has 0 aromatic carbocycles. The molecule has 0 fully saturated rings. The van der Waals surface area contributed by atoms with Crippen LogP contribution in [-0.2, 0) is 9.53 Å².